The summed E-state index contributed by atoms with van der Waals surface area (Å²) in [6.07, 6.45) is 2.20. The third-order valence-corrected chi connectivity index (χ3v) is 6.90. The maximum absolute atomic E-state index is 13.3. The van der Waals surface area contributed by atoms with Crippen molar-refractivity contribution < 1.29 is 33.5 Å². The van der Waals surface area contributed by atoms with Gasteiger partial charge in [0, 0.05) is 25.2 Å². The van der Waals surface area contributed by atoms with Crippen molar-refractivity contribution in [3.8, 4) is 6.07 Å². The predicted octanol–water partition coefficient (Wildman–Crippen LogP) is 1.42. The number of alkyl carbamates (subject to hydrolysis) is 1. The summed E-state index contributed by atoms with van der Waals surface area (Å²) < 4.78 is 24.1. The second-order valence-electron chi connectivity index (χ2n) is 10.2. The van der Waals surface area contributed by atoms with Gasteiger partial charge in [-0.3, -0.25) is 9.69 Å². The van der Waals surface area contributed by atoms with E-state index in [4.69, 9.17) is 9.47 Å². The molecule has 0 aliphatic carbocycles. The zero-order valence-corrected chi connectivity index (χ0v) is 21.9. The lowest BCUT2D eigenvalue weighted by Crippen LogP contribution is -2.50. The van der Waals surface area contributed by atoms with Crippen molar-refractivity contribution in [2.75, 3.05) is 39.4 Å². The van der Waals surface area contributed by atoms with E-state index >= 15 is 0 Å². The molecule has 3 rings (SSSR count). The summed E-state index contributed by atoms with van der Waals surface area (Å²) in [6, 6.07) is 7.53. The first kappa shape index (κ1) is 29.6. The zero-order valence-electron chi connectivity index (χ0n) is 21.9. The van der Waals surface area contributed by atoms with E-state index in [0.29, 0.717) is 57.7 Å². The second-order valence-corrected chi connectivity index (χ2v) is 10.2. The van der Waals surface area contributed by atoms with Crippen molar-refractivity contribution in [1.82, 2.24) is 15.1 Å². The lowest BCUT2D eigenvalue weighted by Gasteiger charge is -2.39. The van der Waals surface area contributed by atoms with E-state index in [9.17, 15) is 29.3 Å². The number of ether oxygens (including phenoxy) is 2. The Morgan fingerprint density at radius 2 is 1.95 bits per heavy atom. The Kier molecular flexibility index (Phi) is 10.7. The molecular weight excluding hydrogens is 494 g/mol. The van der Waals surface area contributed by atoms with Crippen LogP contribution in [-0.2, 0) is 20.7 Å². The Bertz CT molecular complexity index is 1020. The van der Waals surface area contributed by atoms with E-state index in [2.05, 4.69) is 10.2 Å². The van der Waals surface area contributed by atoms with Crippen LogP contribution in [0.25, 0.3) is 0 Å². The number of likely N-dealkylation sites (tertiary alicyclic amines) is 1. The topological polar surface area (TPSA) is 135 Å². The highest BCUT2D eigenvalue weighted by atomic mass is 19.1. The number of halogens is 1. The lowest BCUT2D eigenvalue weighted by molar-refractivity contribution is -0.127. The van der Waals surface area contributed by atoms with Crippen LogP contribution in [0.5, 0.6) is 0 Å². The molecule has 2 fully saturated rings. The molecular formula is C26H36BFN4O6. The van der Waals surface area contributed by atoms with Crippen molar-refractivity contribution in [3.63, 3.8) is 0 Å². The molecule has 12 heteroatoms. The first-order valence-electron chi connectivity index (χ1n) is 12.9. The third kappa shape index (κ3) is 8.53. The molecule has 0 bridgehead atoms. The van der Waals surface area contributed by atoms with Crippen LogP contribution < -0.4 is 5.32 Å². The Morgan fingerprint density at radius 3 is 2.58 bits per heavy atom. The maximum Gasteiger partial charge on any atom is 0.475 e. The van der Waals surface area contributed by atoms with Gasteiger partial charge in [-0.2, -0.15) is 5.26 Å². The first-order chi connectivity index (χ1) is 18.1. The fourth-order valence-electron chi connectivity index (χ4n) is 4.72. The third-order valence-electron chi connectivity index (χ3n) is 6.90. The van der Waals surface area contributed by atoms with Crippen LogP contribution in [0.1, 0.15) is 38.7 Å². The van der Waals surface area contributed by atoms with Crippen molar-refractivity contribution in [2.24, 2.45) is 0 Å². The number of nitrogens with zero attached hydrogens (tertiary/aromatic N) is 3. The Morgan fingerprint density at radius 1 is 1.26 bits per heavy atom. The Hall–Kier alpha value is -2.98. The van der Waals surface area contributed by atoms with Crippen molar-refractivity contribution in [1.29, 1.82) is 5.26 Å². The van der Waals surface area contributed by atoms with Crippen LogP contribution in [-0.4, -0.2) is 95.9 Å². The molecule has 2 saturated heterocycles. The summed E-state index contributed by atoms with van der Waals surface area (Å²) >= 11 is 0. The van der Waals surface area contributed by atoms with E-state index in [0.717, 1.165) is 0 Å². The normalized spacial score (nSPS) is 20.2. The number of rotatable bonds is 8. The molecule has 0 spiro atoms. The summed E-state index contributed by atoms with van der Waals surface area (Å²) in [6.45, 7) is 7.06. The molecule has 1 unspecified atom stereocenters. The molecule has 38 heavy (non-hydrogen) atoms. The highest BCUT2D eigenvalue weighted by molar-refractivity contribution is 6.43. The van der Waals surface area contributed by atoms with Crippen LogP contribution in [0.2, 0.25) is 0 Å². The molecule has 0 radical (unpaired) electrons. The summed E-state index contributed by atoms with van der Waals surface area (Å²) in [5.74, 6) is -1.91. The van der Waals surface area contributed by atoms with Crippen LogP contribution in [0.15, 0.2) is 35.9 Å². The summed E-state index contributed by atoms with van der Waals surface area (Å²) in [5, 5.41) is 31.7. The molecule has 0 saturated carbocycles. The lowest BCUT2D eigenvalue weighted by atomic mass is 9.76. The van der Waals surface area contributed by atoms with Gasteiger partial charge in [0.05, 0.1) is 25.7 Å². The molecule has 1 aromatic carbocycles. The quantitative estimate of drug-likeness (QED) is 0.261. The van der Waals surface area contributed by atoms with Crippen LogP contribution >= 0.6 is 0 Å². The molecule has 10 nitrogen and oxygen atoms in total. The predicted molar refractivity (Wildman–Crippen MR) is 138 cm³/mol. The van der Waals surface area contributed by atoms with Gasteiger partial charge in [0.25, 0.3) is 5.91 Å². The van der Waals surface area contributed by atoms with Gasteiger partial charge in [-0.15, -0.1) is 0 Å². The molecule has 3 N–H and O–H groups in total. The molecule has 2 heterocycles. The average Bonchev–Trinajstić information content (AvgIpc) is 3.13. The van der Waals surface area contributed by atoms with Gasteiger partial charge in [-0.05, 0) is 63.3 Å². The van der Waals surface area contributed by atoms with Gasteiger partial charge in [0.15, 0.2) is 0 Å². The van der Waals surface area contributed by atoms with Crippen molar-refractivity contribution in [3.05, 3.63) is 47.3 Å². The van der Waals surface area contributed by atoms with Crippen LogP contribution in [0.3, 0.4) is 0 Å². The molecule has 2 aliphatic heterocycles. The number of hydrogen-bond acceptors (Lipinski definition) is 8. The van der Waals surface area contributed by atoms with Gasteiger partial charge in [0.1, 0.15) is 23.6 Å². The largest absolute Gasteiger partial charge is 0.475 e. The van der Waals surface area contributed by atoms with E-state index in [1.54, 1.807) is 6.08 Å². The minimum atomic E-state index is -1.86. The molecule has 1 aromatic rings. The van der Waals surface area contributed by atoms with E-state index in [1.165, 1.54) is 29.2 Å². The Labute approximate surface area is 223 Å². The molecule has 2 atom stereocenters. The number of carbonyl (C=O) groups is 2. The minimum Gasteiger partial charge on any atom is -0.444 e. The number of nitriles is 1. The van der Waals surface area contributed by atoms with Gasteiger partial charge in [-0.25, -0.2) is 9.18 Å². The zero-order chi connectivity index (χ0) is 27.7. The minimum absolute atomic E-state index is 0.0364. The number of nitrogens with one attached hydrogen (secondary N) is 1. The molecule has 0 aromatic heterocycles. The number of carbonyl (C=O) groups excluding carboxylic acids is 2. The number of morpholine rings is 1. The maximum atomic E-state index is 13.3. The molecule has 2 amide bonds. The standard InChI is InChI=1S/C26H36BFN4O6/c1-26(2,32-11-13-37-14-12-32)16-20(17-29)24(33)31-10-4-3-5-22(18-31)38-25(34)30-23(27(35)36)15-19-6-8-21(28)9-7-19/h6-9,16,22-23,35-36H,3-5,10-15,18H2,1-2H3,(H,30,34)/t22-,23?/m1/s1. The fraction of sp³-hybridized carbons (Fsp3) is 0.577. The van der Waals surface area contributed by atoms with E-state index in [-0.39, 0.29) is 18.5 Å². The molecule has 206 valence electrons. The highest BCUT2D eigenvalue weighted by Crippen LogP contribution is 2.22. The average molecular weight is 530 g/mol. The first-order valence-corrected chi connectivity index (χ1v) is 12.9. The van der Waals surface area contributed by atoms with E-state index < -0.39 is 42.5 Å². The monoisotopic (exact) mass is 530 g/mol. The van der Waals surface area contributed by atoms with Crippen molar-refractivity contribution in [2.45, 2.75) is 57.1 Å². The van der Waals surface area contributed by atoms with Gasteiger partial charge in [0.2, 0.25) is 0 Å². The highest BCUT2D eigenvalue weighted by Gasteiger charge is 2.32. The summed E-state index contributed by atoms with van der Waals surface area (Å²) in [7, 11) is -1.86. The van der Waals surface area contributed by atoms with Crippen LogP contribution in [0.4, 0.5) is 9.18 Å². The number of amides is 2. The number of hydrogen-bond donors (Lipinski definition) is 3. The van der Waals surface area contributed by atoms with Gasteiger partial charge in [-0.1, -0.05) is 12.1 Å². The molecule has 2 aliphatic rings. The van der Waals surface area contributed by atoms with Gasteiger partial charge < -0.3 is 29.7 Å². The Balaban J connectivity index is 1.62. The van der Waals surface area contributed by atoms with E-state index in [1.807, 2.05) is 19.9 Å². The van der Waals surface area contributed by atoms with Crippen molar-refractivity contribution >= 4 is 19.1 Å². The SMILES string of the molecule is CC(C)(C=C(C#N)C(=O)N1CCCC[C@@H](OC(=O)NC(Cc2ccc(F)cc2)B(O)O)C1)N1CCOCC1. The van der Waals surface area contributed by atoms with Gasteiger partial charge >= 0.3 is 13.2 Å². The summed E-state index contributed by atoms with van der Waals surface area (Å²) in [4.78, 5) is 29.6. The second kappa shape index (κ2) is 13.7. The fourth-order valence-corrected chi connectivity index (χ4v) is 4.72. The van der Waals surface area contributed by atoms with Crippen LogP contribution in [0, 0.1) is 17.1 Å². The number of benzene rings is 1. The summed E-state index contributed by atoms with van der Waals surface area (Å²) in [5.41, 5.74) is 0.123. The smallest absolute Gasteiger partial charge is 0.444 e.